The van der Waals surface area contributed by atoms with E-state index in [1.54, 1.807) is 19.1 Å². The number of ether oxygens (including phenoxy) is 1. The molecule has 1 amide bonds. The fourth-order valence-electron chi connectivity index (χ4n) is 2.59. The summed E-state index contributed by atoms with van der Waals surface area (Å²) in [6.07, 6.45) is -4.41. The number of alkyl halides is 3. The fraction of sp³-hybridized carbons (Fsp3) is 0.190. The number of aryl methyl sites for hydroxylation is 2. The van der Waals surface area contributed by atoms with Crippen LogP contribution in [0.15, 0.2) is 54.6 Å². The number of benzene rings is 2. The lowest BCUT2D eigenvalue weighted by Crippen LogP contribution is -2.21. The SMILES string of the molecule is Cc1cc(OCC(=O)Nc2ccccc2C)nc(-c2ccc(C(F)(F)F)cc2)n1. The number of halogens is 3. The summed E-state index contributed by atoms with van der Waals surface area (Å²) in [5.74, 6) is 0.0204. The predicted octanol–water partition coefficient (Wildman–Crippen LogP) is 4.80. The first-order chi connectivity index (χ1) is 13.7. The minimum atomic E-state index is -4.41. The molecule has 1 aromatic heterocycles. The third-order valence-electron chi connectivity index (χ3n) is 4.07. The highest BCUT2D eigenvalue weighted by atomic mass is 19.4. The van der Waals surface area contributed by atoms with Gasteiger partial charge in [-0.1, -0.05) is 30.3 Å². The quantitative estimate of drug-likeness (QED) is 0.667. The highest BCUT2D eigenvalue weighted by molar-refractivity contribution is 5.92. The maximum atomic E-state index is 12.7. The van der Waals surface area contributed by atoms with Gasteiger partial charge in [0.15, 0.2) is 12.4 Å². The van der Waals surface area contributed by atoms with Crippen LogP contribution in [0.5, 0.6) is 5.88 Å². The maximum Gasteiger partial charge on any atom is 0.416 e. The first-order valence-electron chi connectivity index (χ1n) is 8.74. The van der Waals surface area contributed by atoms with Gasteiger partial charge in [0, 0.05) is 23.0 Å². The molecule has 0 aliphatic carbocycles. The van der Waals surface area contributed by atoms with Gasteiger partial charge < -0.3 is 10.1 Å². The molecule has 0 atom stereocenters. The second-order valence-electron chi connectivity index (χ2n) is 6.40. The number of nitrogens with zero attached hydrogens (tertiary/aromatic N) is 2. The van der Waals surface area contributed by atoms with Crippen molar-refractivity contribution in [1.29, 1.82) is 0 Å². The second-order valence-corrected chi connectivity index (χ2v) is 6.40. The van der Waals surface area contributed by atoms with Crippen LogP contribution in [0.3, 0.4) is 0 Å². The minimum Gasteiger partial charge on any atom is -0.467 e. The molecule has 0 bridgehead atoms. The van der Waals surface area contributed by atoms with E-state index in [4.69, 9.17) is 4.74 Å². The Bertz CT molecular complexity index is 1020. The smallest absolute Gasteiger partial charge is 0.416 e. The number of rotatable bonds is 5. The summed E-state index contributed by atoms with van der Waals surface area (Å²) in [5, 5.41) is 2.75. The van der Waals surface area contributed by atoms with E-state index in [-0.39, 0.29) is 24.2 Å². The zero-order chi connectivity index (χ0) is 21.0. The van der Waals surface area contributed by atoms with E-state index in [1.807, 2.05) is 25.1 Å². The summed E-state index contributed by atoms with van der Waals surface area (Å²) < 4.78 is 43.6. The highest BCUT2D eigenvalue weighted by Gasteiger charge is 2.30. The van der Waals surface area contributed by atoms with Gasteiger partial charge in [-0.3, -0.25) is 4.79 Å². The van der Waals surface area contributed by atoms with Crippen molar-refractivity contribution < 1.29 is 22.7 Å². The van der Waals surface area contributed by atoms with E-state index < -0.39 is 11.7 Å². The van der Waals surface area contributed by atoms with E-state index in [1.165, 1.54) is 12.1 Å². The van der Waals surface area contributed by atoms with Gasteiger partial charge in [-0.05, 0) is 37.6 Å². The van der Waals surface area contributed by atoms with Crippen LogP contribution in [0, 0.1) is 13.8 Å². The van der Waals surface area contributed by atoms with Gasteiger partial charge >= 0.3 is 6.18 Å². The molecule has 0 aliphatic heterocycles. The summed E-state index contributed by atoms with van der Waals surface area (Å²) in [6.45, 7) is 3.31. The second kappa shape index (κ2) is 8.30. The molecule has 0 saturated heterocycles. The van der Waals surface area contributed by atoms with Crippen LogP contribution in [-0.2, 0) is 11.0 Å². The van der Waals surface area contributed by atoms with Gasteiger partial charge in [0.1, 0.15) is 0 Å². The Labute approximate surface area is 165 Å². The lowest BCUT2D eigenvalue weighted by Gasteiger charge is -2.11. The van der Waals surface area contributed by atoms with Crippen molar-refractivity contribution in [2.75, 3.05) is 11.9 Å². The Morgan fingerprint density at radius 1 is 1.03 bits per heavy atom. The Morgan fingerprint density at radius 2 is 1.72 bits per heavy atom. The number of anilines is 1. The third kappa shape index (κ3) is 5.31. The first-order valence-corrected chi connectivity index (χ1v) is 8.74. The molecule has 0 saturated carbocycles. The van der Waals surface area contributed by atoms with Gasteiger partial charge in [-0.2, -0.15) is 18.2 Å². The number of hydrogen-bond donors (Lipinski definition) is 1. The summed E-state index contributed by atoms with van der Waals surface area (Å²) in [5.41, 5.74) is 1.83. The van der Waals surface area contributed by atoms with Gasteiger partial charge in [-0.15, -0.1) is 0 Å². The summed E-state index contributed by atoms with van der Waals surface area (Å²) in [7, 11) is 0. The van der Waals surface area contributed by atoms with E-state index in [9.17, 15) is 18.0 Å². The molecule has 2 aromatic carbocycles. The van der Waals surface area contributed by atoms with Crippen LogP contribution in [0.4, 0.5) is 18.9 Å². The fourth-order valence-corrected chi connectivity index (χ4v) is 2.59. The average molecular weight is 401 g/mol. The van der Waals surface area contributed by atoms with Crippen molar-refractivity contribution in [1.82, 2.24) is 9.97 Å². The molecule has 150 valence electrons. The molecule has 0 fully saturated rings. The molecular weight excluding hydrogens is 383 g/mol. The number of carbonyl (C=O) groups is 1. The number of nitrogens with one attached hydrogen (secondary N) is 1. The molecule has 0 radical (unpaired) electrons. The zero-order valence-electron chi connectivity index (χ0n) is 15.7. The first kappa shape index (κ1) is 20.3. The Balaban J connectivity index is 1.70. The number of para-hydroxylation sites is 1. The standard InChI is InChI=1S/C21H18F3N3O2/c1-13-5-3-4-6-17(13)26-18(28)12-29-19-11-14(2)25-20(27-19)15-7-9-16(10-8-15)21(22,23)24/h3-11H,12H2,1-2H3,(H,26,28). The average Bonchev–Trinajstić information content (AvgIpc) is 2.67. The van der Waals surface area contributed by atoms with Crippen molar-refractivity contribution in [2.45, 2.75) is 20.0 Å². The molecule has 3 rings (SSSR count). The van der Waals surface area contributed by atoms with E-state index in [0.29, 0.717) is 16.9 Å². The summed E-state index contributed by atoms with van der Waals surface area (Å²) in [4.78, 5) is 20.6. The van der Waals surface area contributed by atoms with Crippen molar-refractivity contribution in [3.05, 3.63) is 71.4 Å². The van der Waals surface area contributed by atoms with Crippen molar-refractivity contribution in [2.24, 2.45) is 0 Å². The summed E-state index contributed by atoms with van der Waals surface area (Å²) in [6, 6.07) is 13.4. The molecule has 1 heterocycles. The normalized spacial score (nSPS) is 11.2. The number of aromatic nitrogens is 2. The predicted molar refractivity (Wildman–Crippen MR) is 103 cm³/mol. The molecule has 0 unspecified atom stereocenters. The highest BCUT2D eigenvalue weighted by Crippen LogP contribution is 2.30. The minimum absolute atomic E-state index is 0.160. The summed E-state index contributed by atoms with van der Waals surface area (Å²) >= 11 is 0. The molecule has 5 nitrogen and oxygen atoms in total. The largest absolute Gasteiger partial charge is 0.467 e. The number of carbonyl (C=O) groups excluding carboxylic acids is 1. The Morgan fingerprint density at radius 3 is 2.38 bits per heavy atom. The van der Waals surface area contributed by atoms with Crippen molar-refractivity contribution in [3.63, 3.8) is 0 Å². The van der Waals surface area contributed by atoms with E-state index >= 15 is 0 Å². The zero-order valence-corrected chi connectivity index (χ0v) is 15.7. The van der Waals surface area contributed by atoms with Gasteiger partial charge in [0.25, 0.3) is 5.91 Å². The molecule has 1 N–H and O–H groups in total. The maximum absolute atomic E-state index is 12.7. The van der Waals surface area contributed by atoms with Crippen LogP contribution in [0.1, 0.15) is 16.8 Å². The Kier molecular flexibility index (Phi) is 5.81. The van der Waals surface area contributed by atoms with Gasteiger partial charge in [0.2, 0.25) is 5.88 Å². The monoisotopic (exact) mass is 401 g/mol. The molecule has 29 heavy (non-hydrogen) atoms. The van der Waals surface area contributed by atoms with Crippen LogP contribution >= 0.6 is 0 Å². The van der Waals surface area contributed by atoms with Crippen LogP contribution in [-0.4, -0.2) is 22.5 Å². The van der Waals surface area contributed by atoms with Crippen LogP contribution in [0.2, 0.25) is 0 Å². The molecular formula is C21H18F3N3O2. The molecule has 3 aromatic rings. The lowest BCUT2D eigenvalue weighted by molar-refractivity contribution is -0.137. The van der Waals surface area contributed by atoms with Crippen molar-refractivity contribution in [3.8, 4) is 17.3 Å². The number of amides is 1. The molecule has 0 aliphatic rings. The van der Waals surface area contributed by atoms with E-state index in [2.05, 4.69) is 15.3 Å². The topological polar surface area (TPSA) is 64.1 Å². The van der Waals surface area contributed by atoms with E-state index in [0.717, 1.165) is 17.7 Å². The molecule has 8 heteroatoms. The molecule has 0 spiro atoms. The van der Waals surface area contributed by atoms with Crippen LogP contribution in [0.25, 0.3) is 11.4 Å². The third-order valence-corrected chi connectivity index (χ3v) is 4.07. The lowest BCUT2D eigenvalue weighted by atomic mass is 10.1. The van der Waals surface area contributed by atoms with Gasteiger partial charge in [0.05, 0.1) is 5.56 Å². The number of hydrogen-bond acceptors (Lipinski definition) is 4. The van der Waals surface area contributed by atoms with Gasteiger partial charge in [-0.25, -0.2) is 4.98 Å². The Hall–Kier alpha value is -3.42. The van der Waals surface area contributed by atoms with Crippen LogP contribution < -0.4 is 10.1 Å². The van der Waals surface area contributed by atoms with Crippen molar-refractivity contribution >= 4 is 11.6 Å².